The summed E-state index contributed by atoms with van der Waals surface area (Å²) < 4.78 is 8.27. The first-order valence-electron chi connectivity index (χ1n) is 8.05. The minimum absolute atomic E-state index is 0.194. The van der Waals surface area contributed by atoms with Gasteiger partial charge in [0.25, 0.3) is 5.91 Å². The van der Waals surface area contributed by atoms with E-state index in [-0.39, 0.29) is 5.91 Å². The zero-order chi connectivity index (χ0) is 18.4. The second kappa shape index (κ2) is 8.40. The van der Waals surface area contributed by atoms with E-state index in [2.05, 4.69) is 46.2 Å². The minimum Gasteiger partial charge on any atom is -0.481 e. The summed E-state index contributed by atoms with van der Waals surface area (Å²) in [5.74, 6) is 0.309. The number of pyridine rings is 1. The molecule has 3 aromatic rings. The highest BCUT2D eigenvalue weighted by atomic mass is 32.2. The van der Waals surface area contributed by atoms with Crippen molar-refractivity contribution in [3.8, 4) is 5.88 Å². The quantitative estimate of drug-likeness (QED) is 0.616. The predicted molar refractivity (Wildman–Crippen MR) is 106 cm³/mol. The Morgan fingerprint density at radius 1 is 1.04 bits per heavy atom. The molecule has 5 nitrogen and oxygen atoms in total. The van der Waals surface area contributed by atoms with E-state index in [0.717, 1.165) is 10.6 Å². The van der Waals surface area contributed by atoms with Crippen LogP contribution in [-0.4, -0.2) is 18.0 Å². The van der Waals surface area contributed by atoms with Crippen molar-refractivity contribution in [2.75, 3.05) is 17.1 Å². The predicted octanol–water partition coefficient (Wildman–Crippen LogP) is 4.77. The third-order valence-electron chi connectivity index (χ3n) is 3.64. The third-order valence-corrected chi connectivity index (χ3v) is 4.48. The molecule has 1 amide bonds. The summed E-state index contributed by atoms with van der Waals surface area (Å²) in [7, 11) is 1.55. The van der Waals surface area contributed by atoms with Crippen LogP contribution in [0.3, 0.4) is 0 Å². The molecule has 2 N–H and O–H groups in total. The molecule has 132 valence electrons. The van der Waals surface area contributed by atoms with Gasteiger partial charge in [0.15, 0.2) is 0 Å². The van der Waals surface area contributed by atoms with Crippen molar-refractivity contribution in [3.63, 3.8) is 0 Å². The molecule has 0 aliphatic heterocycles. The fourth-order valence-electron chi connectivity index (χ4n) is 2.23. The topological polar surface area (TPSA) is 63.2 Å². The van der Waals surface area contributed by atoms with Crippen molar-refractivity contribution in [3.05, 3.63) is 78.0 Å². The number of hydrogen-bond acceptors (Lipinski definition) is 5. The van der Waals surface area contributed by atoms with Crippen LogP contribution in [0, 0.1) is 6.92 Å². The van der Waals surface area contributed by atoms with Gasteiger partial charge in [0, 0.05) is 22.2 Å². The Morgan fingerprint density at radius 2 is 1.85 bits per heavy atom. The lowest BCUT2D eigenvalue weighted by Gasteiger charge is -2.09. The summed E-state index contributed by atoms with van der Waals surface area (Å²) in [5, 5.41) is 2.83. The van der Waals surface area contributed by atoms with Crippen LogP contribution >= 0.6 is 11.9 Å². The highest BCUT2D eigenvalue weighted by Gasteiger charge is 2.07. The first kappa shape index (κ1) is 17.8. The summed E-state index contributed by atoms with van der Waals surface area (Å²) >= 11 is 1.51. The molecule has 2 aromatic carbocycles. The number of methoxy groups -OCH3 is 1. The lowest BCUT2D eigenvalue weighted by molar-refractivity contribution is 0.102. The number of aryl methyl sites for hydroxylation is 1. The largest absolute Gasteiger partial charge is 0.481 e. The number of benzene rings is 2. The minimum atomic E-state index is -0.194. The fourth-order valence-corrected chi connectivity index (χ4v) is 2.86. The molecule has 0 unspecified atom stereocenters. The summed E-state index contributed by atoms with van der Waals surface area (Å²) in [6, 6.07) is 19.0. The van der Waals surface area contributed by atoms with E-state index in [1.807, 2.05) is 18.2 Å². The van der Waals surface area contributed by atoms with Gasteiger partial charge >= 0.3 is 0 Å². The maximum Gasteiger partial charge on any atom is 0.255 e. The first-order chi connectivity index (χ1) is 12.6. The second-order valence-electron chi connectivity index (χ2n) is 5.64. The molecular formula is C20H19N3O2S. The van der Waals surface area contributed by atoms with Gasteiger partial charge in [-0.1, -0.05) is 23.8 Å². The lowest BCUT2D eigenvalue weighted by Crippen LogP contribution is -2.12. The Kier molecular flexibility index (Phi) is 5.76. The molecule has 1 aromatic heterocycles. The van der Waals surface area contributed by atoms with Crippen molar-refractivity contribution in [2.45, 2.75) is 11.8 Å². The molecule has 0 atom stereocenters. The number of carbonyl (C=O) groups excluding carboxylic acids is 1. The van der Waals surface area contributed by atoms with E-state index < -0.39 is 0 Å². The van der Waals surface area contributed by atoms with E-state index in [1.165, 1.54) is 17.5 Å². The van der Waals surface area contributed by atoms with Crippen molar-refractivity contribution in [1.29, 1.82) is 0 Å². The summed E-state index contributed by atoms with van der Waals surface area (Å²) in [6.45, 7) is 2.06. The Balaban J connectivity index is 1.63. The van der Waals surface area contributed by atoms with Gasteiger partial charge in [0.2, 0.25) is 5.88 Å². The van der Waals surface area contributed by atoms with E-state index >= 15 is 0 Å². The molecule has 0 aliphatic carbocycles. The Hall–Kier alpha value is -2.99. The molecule has 0 spiro atoms. The Bertz CT molecular complexity index is 880. The number of carbonyl (C=O) groups is 1. The molecule has 6 heteroatoms. The van der Waals surface area contributed by atoms with Crippen LogP contribution in [0.25, 0.3) is 0 Å². The Morgan fingerprint density at radius 3 is 2.54 bits per heavy atom. The average molecular weight is 365 g/mol. The number of amides is 1. The van der Waals surface area contributed by atoms with E-state index in [1.54, 1.807) is 31.5 Å². The van der Waals surface area contributed by atoms with Gasteiger partial charge in [0.1, 0.15) is 0 Å². The van der Waals surface area contributed by atoms with Crippen LogP contribution in [0.4, 0.5) is 11.4 Å². The van der Waals surface area contributed by atoms with Crippen LogP contribution in [0.1, 0.15) is 15.9 Å². The smallest absolute Gasteiger partial charge is 0.255 e. The van der Waals surface area contributed by atoms with Gasteiger partial charge in [-0.15, -0.1) is 0 Å². The molecule has 0 bridgehead atoms. The molecule has 3 rings (SSSR count). The molecule has 0 fully saturated rings. The van der Waals surface area contributed by atoms with Crippen LogP contribution in [0.2, 0.25) is 0 Å². The maximum atomic E-state index is 12.4. The van der Waals surface area contributed by atoms with Gasteiger partial charge in [-0.05, 0) is 55.3 Å². The fraction of sp³-hybridized carbons (Fsp3) is 0.100. The molecule has 0 saturated carbocycles. The van der Waals surface area contributed by atoms with Crippen molar-refractivity contribution >= 4 is 29.2 Å². The molecule has 26 heavy (non-hydrogen) atoms. The van der Waals surface area contributed by atoms with Crippen molar-refractivity contribution in [1.82, 2.24) is 4.98 Å². The van der Waals surface area contributed by atoms with Gasteiger partial charge < -0.3 is 14.8 Å². The highest BCUT2D eigenvalue weighted by Crippen LogP contribution is 2.22. The summed E-state index contributed by atoms with van der Waals surface area (Å²) in [6.07, 6.45) is 1.56. The van der Waals surface area contributed by atoms with Crippen LogP contribution in [-0.2, 0) is 0 Å². The van der Waals surface area contributed by atoms with E-state index in [4.69, 9.17) is 4.74 Å². The standard InChI is InChI=1S/C20H19N3O2S/c1-14-6-9-18(10-7-14)26-23-16-5-3-4-15(12-16)20(24)22-17-8-11-19(25-2)21-13-17/h3-13,23H,1-2H3,(H,22,24). The molecule has 0 aliphatic rings. The summed E-state index contributed by atoms with van der Waals surface area (Å²) in [5.41, 5.74) is 3.26. The van der Waals surface area contributed by atoms with Crippen molar-refractivity contribution < 1.29 is 9.53 Å². The number of ether oxygens (including phenoxy) is 1. The van der Waals surface area contributed by atoms with Gasteiger partial charge in [0.05, 0.1) is 19.0 Å². The van der Waals surface area contributed by atoms with Crippen LogP contribution in [0.5, 0.6) is 5.88 Å². The lowest BCUT2D eigenvalue weighted by atomic mass is 10.2. The van der Waals surface area contributed by atoms with Crippen LogP contribution < -0.4 is 14.8 Å². The zero-order valence-corrected chi connectivity index (χ0v) is 15.3. The van der Waals surface area contributed by atoms with Gasteiger partial charge in [-0.2, -0.15) is 0 Å². The zero-order valence-electron chi connectivity index (χ0n) is 14.5. The van der Waals surface area contributed by atoms with Gasteiger partial charge in [-0.25, -0.2) is 4.98 Å². The molecule has 0 radical (unpaired) electrons. The highest BCUT2D eigenvalue weighted by molar-refractivity contribution is 8.00. The average Bonchev–Trinajstić information content (AvgIpc) is 2.68. The third kappa shape index (κ3) is 4.77. The van der Waals surface area contributed by atoms with Crippen LogP contribution in [0.15, 0.2) is 71.8 Å². The normalized spacial score (nSPS) is 10.2. The number of rotatable bonds is 6. The number of nitrogens with zero attached hydrogens (tertiary/aromatic N) is 1. The Labute approximate surface area is 156 Å². The monoisotopic (exact) mass is 365 g/mol. The summed E-state index contributed by atoms with van der Waals surface area (Å²) in [4.78, 5) is 17.6. The van der Waals surface area contributed by atoms with Gasteiger partial charge in [-0.3, -0.25) is 4.79 Å². The van der Waals surface area contributed by atoms with Crippen molar-refractivity contribution in [2.24, 2.45) is 0 Å². The first-order valence-corrected chi connectivity index (χ1v) is 8.87. The second-order valence-corrected chi connectivity index (χ2v) is 6.52. The number of anilines is 2. The maximum absolute atomic E-state index is 12.4. The number of nitrogens with one attached hydrogen (secondary N) is 2. The van der Waals surface area contributed by atoms with E-state index in [0.29, 0.717) is 17.1 Å². The number of hydrogen-bond donors (Lipinski definition) is 2. The molecule has 0 saturated heterocycles. The van der Waals surface area contributed by atoms with E-state index in [9.17, 15) is 4.79 Å². The molecular weight excluding hydrogens is 346 g/mol. The SMILES string of the molecule is COc1ccc(NC(=O)c2cccc(NSc3ccc(C)cc3)c2)cn1. The number of aromatic nitrogens is 1. The molecule has 1 heterocycles.